The summed E-state index contributed by atoms with van der Waals surface area (Å²) in [5, 5.41) is 21.1. The zero-order valence-corrected chi connectivity index (χ0v) is 17.8. The Morgan fingerprint density at radius 1 is 1.24 bits per heavy atom. The van der Waals surface area contributed by atoms with Crippen LogP contribution in [0.1, 0.15) is 58.8 Å². The van der Waals surface area contributed by atoms with E-state index in [0.717, 1.165) is 25.7 Å². The summed E-state index contributed by atoms with van der Waals surface area (Å²) in [7, 11) is 1.53. The third-order valence-corrected chi connectivity index (χ3v) is 9.03. The van der Waals surface area contributed by atoms with Gasteiger partial charge in [-0.25, -0.2) is 0 Å². The van der Waals surface area contributed by atoms with Gasteiger partial charge in [-0.05, 0) is 67.8 Å². The fourth-order valence-electron chi connectivity index (χ4n) is 7.74. The van der Waals surface area contributed by atoms with Crippen molar-refractivity contribution in [3.63, 3.8) is 0 Å². The fraction of sp³-hybridized carbons (Fsp3) is 0.826. The summed E-state index contributed by atoms with van der Waals surface area (Å²) in [6, 6.07) is 0. The first-order valence-electron chi connectivity index (χ1n) is 10.9. The molecule has 6 heteroatoms. The molecule has 3 fully saturated rings. The third kappa shape index (κ3) is 2.83. The molecule has 7 atom stereocenters. The van der Waals surface area contributed by atoms with E-state index < -0.39 is 23.7 Å². The molecule has 162 valence electrons. The standard InChI is InChI=1S/C23H34O6/c1-21-8-6-15(25)10-14(21)4-5-16-17-7-9-23(19(27)12-24,29-13-28-3)22(17,2)11-18(26)20(16)21/h10,16-18,20,24,26H,4-9,11-13H2,1-3H3/t16-,17-,18?,20+,21-,22-,23-/m0/s1. The second-order valence-corrected chi connectivity index (χ2v) is 10.1. The van der Waals surface area contributed by atoms with Crippen LogP contribution >= 0.6 is 0 Å². The van der Waals surface area contributed by atoms with Gasteiger partial charge < -0.3 is 19.7 Å². The Bertz CT molecular complexity index is 731. The van der Waals surface area contributed by atoms with Crippen molar-refractivity contribution in [1.82, 2.24) is 0 Å². The second-order valence-electron chi connectivity index (χ2n) is 10.1. The molecule has 3 saturated carbocycles. The molecule has 0 bridgehead atoms. The largest absolute Gasteiger partial charge is 0.393 e. The van der Waals surface area contributed by atoms with Gasteiger partial charge >= 0.3 is 0 Å². The minimum Gasteiger partial charge on any atom is -0.393 e. The molecule has 0 radical (unpaired) electrons. The number of fused-ring (bicyclic) bond motifs is 5. The third-order valence-electron chi connectivity index (χ3n) is 9.03. The number of hydrogen-bond donors (Lipinski definition) is 2. The molecule has 0 aromatic carbocycles. The molecule has 0 aromatic heterocycles. The highest BCUT2D eigenvalue weighted by atomic mass is 16.7. The van der Waals surface area contributed by atoms with Crippen LogP contribution in [0.5, 0.6) is 0 Å². The van der Waals surface area contributed by atoms with E-state index in [4.69, 9.17) is 9.47 Å². The van der Waals surface area contributed by atoms with Gasteiger partial charge in [-0.15, -0.1) is 0 Å². The molecule has 4 aliphatic rings. The Morgan fingerprint density at radius 3 is 2.69 bits per heavy atom. The molecule has 29 heavy (non-hydrogen) atoms. The van der Waals surface area contributed by atoms with Gasteiger partial charge in [0.25, 0.3) is 0 Å². The van der Waals surface area contributed by atoms with Gasteiger partial charge in [-0.2, -0.15) is 0 Å². The summed E-state index contributed by atoms with van der Waals surface area (Å²) in [6.07, 6.45) is 6.24. The maximum absolute atomic E-state index is 12.9. The molecule has 0 aliphatic heterocycles. The number of ether oxygens (including phenoxy) is 2. The van der Waals surface area contributed by atoms with Crippen LogP contribution in [-0.2, 0) is 19.1 Å². The summed E-state index contributed by atoms with van der Waals surface area (Å²) in [4.78, 5) is 24.9. The SMILES string of the molecule is COCO[C@]1(C(=O)CO)CC[C@H]2[C@@H]3CCC4=CC(=O)CC[C@]4(C)[C@H]3C(O)C[C@@]21C. The number of carbonyl (C=O) groups is 2. The Kier molecular flexibility index (Phi) is 5.30. The average Bonchev–Trinajstić information content (AvgIpc) is 2.98. The Morgan fingerprint density at radius 2 is 2.00 bits per heavy atom. The van der Waals surface area contributed by atoms with Crippen LogP contribution in [0, 0.1) is 28.6 Å². The maximum atomic E-state index is 12.9. The average molecular weight is 407 g/mol. The smallest absolute Gasteiger partial charge is 0.190 e. The highest BCUT2D eigenvalue weighted by Gasteiger charge is 2.69. The van der Waals surface area contributed by atoms with Gasteiger partial charge in [0.05, 0.1) is 6.10 Å². The molecule has 0 amide bonds. The van der Waals surface area contributed by atoms with Gasteiger partial charge in [0.2, 0.25) is 0 Å². The second kappa shape index (κ2) is 7.26. The van der Waals surface area contributed by atoms with Gasteiger partial charge in [0.1, 0.15) is 19.0 Å². The molecule has 0 saturated heterocycles. The van der Waals surface area contributed by atoms with Gasteiger partial charge in [0.15, 0.2) is 11.6 Å². The number of carbonyl (C=O) groups excluding carboxylic acids is 2. The first-order valence-corrected chi connectivity index (χ1v) is 10.9. The Hall–Kier alpha value is -1.08. The van der Waals surface area contributed by atoms with Crippen molar-refractivity contribution < 1.29 is 29.3 Å². The molecular weight excluding hydrogens is 372 g/mol. The first kappa shape index (κ1) is 21.2. The lowest BCUT2D eigenvalue weighted by molar-refractivity contribution is -0.216. The van der Waals surface area contributed by atoms with E-state index in [1.807, 2.05) is 6.08 Å². The lowest BCUT2D eigenvalue weighted by Crippen LogP contribution is -2.63. The predicted molar refractivity (Wildman–Crippen MR) is 106 cm³/mol. The van der Waals surface area contributed by atoms with Crippen LogP contribution < -0.4 is 0 Å². The highest BCUT2D eigenvalue weighted by Crippen LogP contribution is 2.68. The van der Waals surface area contributed by atoms with Crippen LogP contribution in [0.4, 0.5) is 0 Å². The van der Waals surface area contributed by atoms with E-state index in [1.54, 1.807) is 0 Å². The van der Waals surface area contributed by atoms with E-state index in [0.29, 0.717) is 19.3 Å². The zero-order valence-electron chi connectivity index (χ0n) is 17.8. The minimum atomic E-state index is -1.12. The molecule has 4 rings (SSSR count). The summed E-state index contributed by atoms with van der Waals surface area (Å²) in [6.45, 7) is 3.70. The lowest BCUT2D eigenvalue weighted by atomic mass is 9.45. The molecule has 1 unspecified atom stereocenters. The Balaban J connectivity index is 1.73. The molecule has 2 N–H and O–H groups in total. The van der Waals surface area contributed by atoms with Gasteiger partial charge in [-0.1, -0.05) is 19.4 Å². The summed E-state index contributed by atoms with van der Waals surface area (Å²) in [5.41, 5.74) is -0.622. The normalized spacial score (nSPS) is 46.5. The topological polar surface area (TPSA) is 93.1 Å². The van der Waals surface area contributed by atoms with E-state index in [9.17, 15) is 19.8 Å². The lowest BCUT2D eigenvalue weighted by Gasteiger charge is -2.61. The summed E-state index contributed by atoms with van der Waals surface area (Å²) >= 11 is 0. The Labute approximate surface area is 172 Å². The van der Waals surface area contributed by atoms with Crippen LogP contribution in [0.25, 0.3) is 0 Å². The molecule has 4 aliphatic carbocycles. The van der Waals surface area contributed by atoms with Crippen LogP contribution in [0.2, 0.25) is 0 Å². The van der Waals surface area contributed by atoms with Gasteiger partial charge in [-0.3, -0.25) is 9.59 Å². The van der Waals surface area contributed by atoms with E-state index >= 15 is 0 Å². The van der Waals surface area contributed by atoms with E-state index in [2.05, 4.69) is 13.8 Å². The monoisotopic (exact) mass is 406 g/mol. The number of aliphatic hydroxyl groups is 2. The van der Waals surface area contributed by atoms with Crippen molar-refractivity contribution in [2.75, 3.05) is 20.5 Å². The number of aliphatic hydroxyl groups excluding tert-OH is 2. The zero-order chi connectivity index (χ0) is 21.0. The van der Waals surface area contributed by atoms with Crippen LogP contribution in [0.15, 0.2) is 11.6 Å². The van der Waals surface area contributed by atoms with Crippen molar-refractivity contribution in [1.29, 1.82) is 0 Å². The molecule has 0 heterocycles. The molecule has 6 nitrogen and oxygen atoms in total. The number of hydrogen-bond acceptors (Lipinski definition) is 6. The van der Waals surface area contributed by atoms with Crippen LogP contribution in [-0.4, -0.2) is 54.0 Å². The van der Waals surface area contributed by atoms with Crippen molar-refractivity contribution in [2.24, 2.45) is 28.6 Å². The van der Waals surface area contributed by atoms with Gasteiger partial charge in [0, 0.05) is 18.9 Å². The number of methoxy groups -OCH3 is 1. The van der Waals surface area contributed by atoms with Crippen molar-refractivity contribution in [3.05, 3.63) is 11.6 Å². The number of ketones is 2. The van der Waals surface area contributed by atoms with Crippen molar-refractivity contribution in [3.8, 4) is 0 Å². The summed E-state index contributed by atoms with van der Waals surface area (Å²) < 4.78 is 11.2. The van der Waals surface area contributed by atoms with Crippen molar-refractivity contribution >= 4 is 11.6 Å². The summed E-state index contributed by atoms with van der Waals surface area (Å²) in [5.74, 6) is 0.498. The minimum absolute atomic E-state index is 0.00897. The highest BCUT2D eigenvalue weighted by molar-refractivity contribution is 5.92. The van der Waals surface area contributed by atoms with Crippen LogP contribution in [0.3, 0.4) is 0 Å². The number of allylic oxidation sites excluding steroid dienone is 1. The number of rotatable bonds is 5. The number of Topliss-reactive ketones (excluding diaryl/α,β-unsaturated/α-hetero) is 1. The van der Waals surface area contributed by atoms with E-state index in [1.165, 1.54) is 12.7 Å². The van der Waals surface area contributed by atoms with E-state index in [-0.39, 0.29) is 41.5 Å². The quantitative estimate of drug-likeness (QED) is 0.681. The molecular formula is C23H34O6. The van der Waals surface area contributed by atoms with Crippen molar-refractivity contribution in [2.45, 2.75) is 70.5 Å². The predicted octanol–water partition coefficient (Wildman–Crippen LogP) is 2.41. The molecule has 0 aromatic rings. The fourth-order valence-corrected chi connectivity index (χ4v) is 7.74. The maximum Gasteiger partial charge on any atom is 0.190 e. The molecule has 0 spiro atoms. The first-order chi connectivity index (χ1) is 13.7.